The fraction of sp³-hybridized carbons (Fsp3) is 0.278. The van der Waals surface area contributed by atoms with Crippen LogP contribution >= 0.6 is 0 Å². The number of aliphatic carboxylic acids is 1. The van der Waals surface area contributed by atoms with Gasteiger partial charge in [-0.05, 0) is 35.4 Å². The Morgan fingerprint density at radius 3 is 2.17 bits per heavy atom. The van der Waals surface area contributed by atoms with Crippen molar-refractivity contribution in [2.75, 3.05) is 20.8 Å². The van der Waals surface area contributed by atoms with Gasteiger partial charge in [0.15, 0.2) is 18.1 Å². The molecule has 0 aromatic heterocycles. The molecule has 2 aromatic carbocycles. The number of benzene rings is 2. The molecule has 0 amide bonds. The van der Waals surface area contributed by atoms with E-state index >= 15 is 0 Å². The normalized spacial score (nSPS) is 11.6. The Bertz CT molecular complexity index is 664. The first-order valence-corrected chi connectivity index (χ1v) is 7.21. The van der Waals surface area contributed by atoms with Crippen molar-refractivity contribution in [1.29, 1.82) is 0 Å². The molecule has 23 heavy (non-hydrogen) atoms. The summed E-state index contributed by atoms with van der Waals surface area (Å²) in [5.74, 6) is 1.09. The summed E-state index contributed by atoms with van der Waals surface area (Å²) in [6, 6.07) is 13.2. The monoisotopic (exact) mass is 316 g/mol. The molecule has 0 bridgehead atoms. The van der Waals surface area contributed by atoms with Crippen LogP contribution in [0.4, 0.5) is 0 Å². The Labute approximate surface area is 135 Å². The van der Waals surface area contributed by atoms with Crippen LogP contribution in [-0.2, 0) is 4.79 Å². The van der Waals surface area contributed by atoms with Crippen LogP contribution in [-0.4, -0.2) is 31.9 Å². The van der Waals surface area contributed by atoms with E-state index in [1.54, 1.807) is 26.4 Å². The van der Waals surface area contributed by atoms with Gasteiger partial charge in [0.1, 0.15) is 5.75 Å². The minimum Gasteiger partial charge on any atom is -0.493 e. The summed E-state index contributed by atoms with van der Waals surface area (Å²) in [5, 5.41) is 8.61. The van der Waals surface area contributed by atoms with Crippen LogP contribution in [0.1, 0.15) is 24.0 Å². The Balaban J connectivity index is 2.16. The quantitative estimate of drug-likeness (QED) is 0.849. The highest BCUT2D eigenvalue weighted by Crippen LogP contribution is 2.33. The minimum atomic E-state index is -0.993. The van der Waals surface area contributed by atoms with E-state index in [-0.39, 0.29) is 12.5 Å². The van der Waals surface area contributed by atoms with Gasteiger partial charge in [-0.3, -0.25) is 0 Å². The van der Waals surface area contributed by atoms with Gasteiger partial charge in [0.25, 0.3) is 0 Å². The average Bonchev–Trinajstić information content (AvgIpc) is 2.59. The van der Waals surface area contributed by atoms with Crippen molar-refractivity contribution >= 4 is 5.97 Å². The summed E-state index contributed by atoms with van der Waals surface area (Å²) >= 11 is 0. The van der Waals surface area contributed by atoms with Crippen LogP contribution < -0.4 is 14.2 Å². The van der Waals surface area contributed by atoms with Crippen LogP contribution in [0.15, 0.2) is 42.5 Å². The molecule has 0 fully saturated rings. The first-order chi connectivity index (χ1) is 11.0. The molecular weight excluding hydrogens is 296 g/mol. The Morgan fingerprint density at radius 1 is 1.00 bits per heavy atom. The number of ether oxygens (including phenoxy) is 3. The molecule has 2 rings (SSSR count). The molecule has 0 saturated heterocycles. The minimum absolute atomic E-state index is 0.156. The van der Waals surface area contributed by atoms with Crippen LogP contribution in [0.3, 0.4) is 0 Å². The first-order valence-electron chi connectivity index (χ1n) is 7.21. The predicted molar refractivity (Wildman–Crippen MR) is 86.6 cm³/mol. The van der Waals surface area contributed by atoms with Gasteiger partial charge in [-0.2, -0.15) is 0 Å². The van der Waals surface area contributed by atoms with E-state index in [0.29, 0.717) is 17.2 Å². The maximum absolute atomic E-state index is 10.5. The molecule has 0 heterocycles. The maximum atomic E-state index is 10.5. The lowest BCUT2D eigenvalue weighted by Gasteiger charge is -2.16. The third-order valence-corrected chi connectivity index (χ3v) is 3.65. The molecule has 0 saturated carbocycles. The molecule has 1 unspecified atom stereocenters. The first kappa shape index (κ1) is 16.7. The lowest BCUT2D eigenvalue weighted by atomic mass is 9.93. The van der Waals surface area contributed by atoms with E-state index in [4.69, 9.17) is 19.3 Å². The topological polar surface area (TPSA) is 65.0 Å². The van der Waals surface area contributed by atoms with Crippen LogP contribution in [0.25, 0.3) is 0 Å². The van der Waals surface area contributed by atoms with Crippen LogP contribution in [0, 0.1) is 0 Å². The van der Waals surface area contributed by atoms with Crippen LogP contribution in [0.5, 0.6) is 17.2 Å². The molecule has 5 nitrogen and oxygen atoms in total. The second-order valence-electron chi connectivity index (χ2n) is 5.09. The zero-order valence-electron chi connectivity index (χ0n) is 13.4. The van der Waals surface area contributed by atoms with Gasteiger partial charge >= 0.3 is 5.97 Å². The predicted octanol–water partition coefficient (Wildman–Crippen LogP) is 3.32. The van der Waals surface area contributed by atoms with Gasteiger partial charge in [-0.25, -0.2) is 4.79 Å². The molecule has 2 aromatic rings. The van der Waals surface area contributed by atoms with Crippen molar-refractivity contribution < 1.29 is 24.1 Å². The summed E-state index contributed by atoms with van der Waals surface area (Å²) in [5.41, 5.74) is 2.20. The van der Waals surface area contributed by atoms with Crippen molar-refractivity contribution in [2.24, 2.45) is 0 Å². The number of carboxylic acids is 1. The van der Waals surface area contributed by atoms with Crippen molar-refractivity contribution in [3.05, 3.63) is 53.6 Å². The van der Waals surface area contributed by atoms with E-state index in [9.17, 15) is 4.79 Å². The van der Waals surface area contributed by atoms with Gasteiger partial charge in [0, 0.05) is 5.92 Å². The lowest BCUT2D eigenvalue weighted by Crippen LogP contribution is -2.09. The highest BCUT2D eigenvalue weighted by atomic mass is 16.5. The van der Waals surface area contributed by atoms with Crippen molar-refractivity contribution in [2.45, 2.75) is 12.8 Å². The number of carboxylic acid groups (broad SMARTS) is 1. The number of methoxy groups -OCH3 is 2. The van der Waals surface area contributed by atoms with E-state index in [1.807, 2.05) is 30.3 Å². The zero-order valence-corrected chi connectivity index (χ0v) is 13.4. The maximum Gasteiger partial charge on any atom is 0.341 e. The zero-order chi connectivity index (χ0) is 16.8. The third kappa shape index (κ3) is 4.16. The number of carbonyl (C=O) groups is 1. The largest absolute Gasteiger partial charge is 0.493 e. The molecule has 0 spiro atoms. The summed E-state index contributed by atoms with van der Waals surface area (Å²) in [6.45, 7) is 1.75. The van der Waals surface area contributed by atoms with Gasteiger partial charge in [0.2, 0.25) is 0 Å². The fourth-order valence-corrected chi connectivity index (χ4v) is 2.31. The smallest absolute Gasteiger partial charge is 0.341 e. The molecule has 122 valence electrons. The van der Waals surface area contributed by atoms with Crippen molar-refractivity contribution in [3.63, 3.8) is 0 Å². The summed E-state index contributed by atoms with van der Waals surface area (Å²) < 4.78 is 15.7. The molecule has 0 radical (unpaired) electrons. The standard InChI is InChI=1S/C18H20O5/c1-12(14-6-9-16(21-2)17(10-14)22-3)13-4-7-15(8-5-13)23-11-18(19)20/h4-10,12H,11H2,1-3H3,(H,19,20). The van der Waals surface area contributed by atoms with Gasteiger partial charge in [-0.1, -0.05) is 25.1 Å². The van der Waals surface area contributed by atoms with Gasteiger partial charge in [0.05, 0.1) is 14.2 Å². The third-order valence-electron chi connectivity index (χ3n) is 3.65. The lowest BCUT2D eigenvalue weighted by molar-refractivity contribution is -0.139. The van der Waals surface area contributed by atoms with E-state index < -0.39 is 5.97 Å². The number of hydrogen-bond acceptors (Lipinski definition) is 4. The van der Waals surface area contributed by atoms with Crippen molar-refractivity contribution in [3.8, 4) is 17.2 Å². The summed E-state index contributed by atoms with van der Waals surface area (Å²) in [7, 11) is 3.22. The average molecular weight is 316 g/mol. The Morgan fingerprint density at radius 2 is 1.61 bits per heavy atom. The van der Waals surface area contributed by atoms with Crippen molar-refractivity contribution in [1.82, 2.24) is 0 Å². The SMILES string of the molecule is COc1ccc(C(C)c2ccc(OCC(=O)O)cc2)cc1OC. The molecule has 0 aliphatic rings. The molecule has 5 heteroatoms. The molecule has 0 aliphatic heterocycles. The van der Waals surface area contributed by atoms with Crippen LogP contribution in [0.2, 0.25) is 0 Å². The van der Waals surface area contributed by atoms with Gasteiger partial charge in [-0.15, -0.1) is 0 Å². The second-order valence-corrected chi connectivity index (χ2v) is 5.09. The summed E-state index contributed by atoms with van der Waals surface area (Å²) in [6.07, 6.45) is 0. The van der Waals surface area contributed by atoms with E-state index in [2.05, 4.69) is 6.92 Å². The second kappa shape index (κ2) is 7.54. The highest BCUT2D eigenvalue weighted by Gasteiger charge is 2.12. The number of hydrogen-bond donors (Lipinski definition) is 1. The fourth-order valence-electron chi connectivity index (χ4n) is 2.31. The molecule has 0 aliphatic carbocycles. The van der Waals surface area contributed by atoms with E-state index in [0.717, 1.165) is 11.1 Å². The molecule has 1 N–H and O–H groups in total. The van der Waals surface area contributed by atoms with E-state index in [1.165, 1.54) is 0 Å². The molecule has 1 atom stereocenters. The summed E-state index contributed by atoms with van der Waals surface area (Å²) in [4.78, 5) is 10.5. The van der Waals surface area contributed by atoms with Gasteiger partial charge < -0.3 is 19.3 Å². The Hall–Kier alpha value is -2.69. The Kier molecular flexibility index (Phi) is 5.46. The number of rotatable bonds is 7. The molecular formula is C18H20O5. The highest BCUT2D eigenvalue weighted by molar-refractivity contribution is 5.68.